The highest BCUT2D eigenvalue weighted by Gasteiger charge is 2.37. The van der Waals surface area contributed by atoms with Gasteiger partial charge < -0.3 is 4.74 Å². The topological polar surface area (TPSA) is 26.3 Å². The zero-order valence-electron chi connectivity index (χ0n) is 11.3. The van der Waals surface area contributed by atoms with E-state index in [2.05, 4.69) is 6.92 Å². The lowest BCUT2D eigenvalue weighted by Gasteiger charge is -2.41. The van der Waals surface area contributed by atoms with Crippen molar-refractivity contribution in [1.29, 1.82) is 0 Å². The molecule has 4 atom stereocenters. The summed E-state index contributed by atoms with van der Waals surface area (Å²) < 4.78 is 5.77. The number of hydrogen-bond donors (Lipinski definition) is 0. The zero-order valence-corrected chi connectivity index (χ0v) is 11.3. The van der Waals surface area contributed by atoms with Gasteiger partial charge in [-0.15, -0.1) is 0 Å². The van der Waals surface area contributed by atoms with Crippen molar-refractivity contribution in [2.45, 2.75) is 71.3 Å². The van der Waals surface area contributed by atoms with E-state index in [4.69, 9.17) is 4.74 Å². The summed E-state index contributed by atoms with van der Waals surface area (Å²) in [6, 6.07) is 0. The van der Waals surface area contributed by atoms with Gasteiger partial charge in [0.1, 0.15) is 6.10 Å². The Balaban J connectivity index is 1.92. The normalized spacial score (nSPS) is 34.8. The van der Waals surface area contributed by atoms with Crippen LogP contribution in [-0.2, 0) is 9.53 Å². The highest BCUT2D eigenvalue weighted by Crippen LogP contribution is 2.41. The van der Waals surface area contributed by atoms with Crippen molar-refractivity contribution in [1.82, 2.24) is 0 Å². The molecule has 0 spiro atoms. The van der Waals surface area contributed by atoms with E-state index in [1.54, 1.807) is 0 Å². The molecule has 98 valence electrons. The van der Waals surface area contributed by atoms with Crippen LogP contribution in [0.3, 0.4) is 0 Å². The number of hydrogen-bond acceptors (Lipinski definition) is 2. The van der Waals surface area contributed by atoms with Gasteiger partial charge in [-0.25, -0.2) is 0 Å². The molecule has 2 fully saturated rings. The third-order valence-electron chi connectivity index (χ3n) is 4.79. The third-order valence-corrected chi connectivity index (χ3v) is 4.79. The summed E-state index contributed by atoms with van der Waals surface area (Å²) in [6.45, 7) is 4.03. The molecule has 0 heterocycles. The standard InChI is InChI=1S/C15H26O2/c1-3-11(2)15(16)17-14-10-6-8-12-7-4-5-9-13(12)14/h11-14H,3-10H2,1-2H3. The predicted molar refractivity (Wildman–Crippen MR) is 68.6 cm³/mol. The minimum Gasteiger partial charge on any atom is -0.462 e. The third kappa shape index (κ3) is 3.02. The molecule has 2 aliphatic carbocycles. The molecule has 0 amide bonds. The Morgan fingerprint density at radius 3 is 2.65 bits per heavy atom. The van der Waals surface area contributed by atoms with Crippen LogP contribution in [0.2, 0.25) is 0 Å². The predicted octanol–water partition coefficient (Wildman–Crippen LogP) is 3.93. The molecular formula is C15H26O2. The lowest BCUT2D eigenvalue weighted by molar-refractivity contribution is -0.161. The Labute approximate surface area is 105 Å². The van der Waals surface area contributed by atoms with Crippen molar-refractivity contribution in [3.05, 3.63) is 0 Å². The molecule has 2 nitrogen and oxygen atoms in total. The summed E-state index contributed by atoms with van der Waals surface area (Å²) in [7, 11) is 0. The molecule has 0 aliphatic heterocycles. The van der Waals surface area contributed by atoms with Gasteiger partial charge >= 0.3 is 5.97 Å². The minimum absolute atomic E-state index is 0.0312. The van der Waals surface area contributed by atoms with E-state index in [0.29, 0.717) is 5.92 Å². The van der Waals surface area contributed by atoms with Crippen LogP contribution in [0.25, 0.3) is 0 Å². The molecule has 0 aromatic carbocycles. The fraction of sp³-hybridized carbons (Fsp3) is 0.933. The molecule has 0 N–H and O–H groups in total. The van der Waals surface area contributed by atoms with Crippen LogP contribution in [0.15, 0.2) is 0 Å². The van der Waals surface area contributed by atoms with Gasteiger partial charge in [0.25, 0.3) is 0 Å². The highest BCUT2D eigenvalue weighted by molar-refractivity contribution is 5.72. The zero-order chi connectivity index (χ0) is 12.3. The minimum atomic E-state index is 0.0312. The summed E-state index contributed by atoms with van der Waals surface area (Å²) >= 11 is 0. The number of carbonyl (C=O) groups is 1. The van der Waals surface area contributed by atoms with E-state index in [9.17, 15) is 4.79 Å². The second kappa shape index (κ2) is 5.88. The average Bonchev–Trinajstić information content (AvgIpc) is 2.38. The number of rotatable bonds is 3. The molecule has 2 saturated carbocycles. The Morgan fingerprint density at radius 2 is 1.88 bits per heavy atom. The van der Waals surface area contributed by atoms with Crippen LogP contribution in [0.1, 0.15) is 65.2 Å². The monoisotopic (exact) mass is 238 g/mol. The van der Waals surface area contributed by atoms with Crippen LogP contribution in [0.4, 0.5) is 0 Å². The smallest absolute Gasteiger partial charge is 0.308 e. The van der Waals surface area contributed by atoms with Crippen LogP contribution in [-0.4, -0.2) is 12.1 Å². The van der Waals surface area contributed by atoms with Gasteiger partial charge in [-0.05, 0) is 43.9 Å². The fourth-order valence-electron chi connectivity index (χ4n) is 3.46. The largest absolute Gasteiger partial charge is 0.462 e. The maximum absolute atomic E-state index is 11.9. The van der Waals surface area contributed by atoms with Gasteiger partial charge in [0.05, 0.1) is 5.92 Å². The molecule has 0 radical (unpaired) electrons. The van der Waals surface area contributed by atoms with Gasteiger partial charge in [-0.1, -0.05) is 33.1 Å². The van der Waals surface area contributed by atoms with Crippen LogP contribution in [0, 0.1) is 17.8 Å². The van der Waals surface area contributed by atoms with Gasteiger partial charge in [0, 0.05) is 0 Å². The van der Waals surface area contributed by atoms with Crippen LogP contribution < -0.4 is 0 Å². The molecule has 2 heteroatoms. The number of ether oxygens (including phenoxy) is 1. The van der Waals surface area contributed by atoms with Crippen LogP contribution in [0.5, 0.6) is 0 Å². The second-order valence-electron chi connectivity index (χ2n) is 5.92. The lowest BCUT2D eigenvalue weighted by Crippen LogP contribution is -2.38. The second-order valence-corrected chi connectivity index (χ2v) is 5.92. The van der Waals surface area contributed by atoms with Crippen molar-refractivity contribution in [2.75, 3.05) is 0 Å². The van der Waals surface area contributed by atoms with Crippen molar-refractivity contribution in [3.63, 3.8) is 0 Å². The van der Waals surface area contributed by atoms with Gasteiger partial charge in [-0.3, -0.25) is 4.79 Å². The van der Waals surface area contributed by atoms with E-state index in [0.717, 1.165) is 18.8 Å². The van der Waals surface area contributed by atoms with Crippen molar-refractivity contribution in [2.24, 2.45) is 17.8 Å². The summed E-state index contributed by atoms with van der Waals surface area (Å²) in [4.78, 5) is 11.9. The molecule has 4 unspecified atom stereocenters. The average molecular weight is 238 g/mol. The molecular weight excluding hydrogens is 212 g/mol. The molecule has 0 aromatic rings. The molecule has 0 bridgehead atoms. The summed E-state index contributed by atoms with van der Waals surface area (Å²) in [5.41, 5.74) is 0. The van der Waals surface area contributed by atoms with E-state index >= 15 is 0 Å². The van der Waals surface area contributed by atoms with E-state index in [1.807, 2.05) is 6.92 Å². The first-order valence-electron chi connectivity index (χ1n) is 7.42. The Kier molecular flexibility index (Phi) is 4.47. The van der Waals surface area contributed by atoms with E-state index < -0.39 is 0 Å². The maximum atomic E-state index is 11.9. The lowest BCUT2D eigenvalue weighted by atomic mass is 9.69. The molecule has 2 aliphatic rings. The molecule has 2 rings (SSSR count). The van der Waals surface area contributed by atoms with E-state index in [-0.39, 0.29) is 18.0 Å². The molecule has 17 heavy (non-hydrogen) atoms. The highest BCUT2D eigenvalue weighted by atomic mass is 16.5. The Hall–Kier alpha value is -0.530. The summed E-state index contributed by atoms with van der Waals surface area (Å²) in [5, 5.41) is 0. The first-order valence-corrected chi connectivity index (χ1v) is 7.42. The van der Waals surface area contributed by atoms with Crippen LogP contribution >= 0.6 is 0 Å². The van der Waals surface area contributed by atoms with Crippen molar-refractivity contribution >= 4 is 5.97 Å². The Bertz CT molecular complexity index is 260. The SMILES string of the molecule is CCC(C)C(=O)OC1CCCC2CCCCC21. The summed E-state index contributed by atoms with van der Waals surface area (Å²) in [5.74, 6) is 1.61. The quantitative estimate of drug-likeness (QED) is 0.696. The van der Waals surface area contributed by atoms with Gasteiger partial charge in [-0.2, -0.15) is 0 Å². The molecule has 0 aromatic heterocycles. The first kappa shape index (κ1) is 12.9. The Morgan fingerprint density at radius 1 is 1.18 bits per heavy atom. The van der Waals surface area contributed by atoms with E-state index in [1.165, 1.54) is 38.5 Å². The maximum Gasteiger partial charge on any atom is 0.308 e. The molecule has 0 saturated heterocycles. The van der Waals surface area contributed by atoms with Crippen molar-refractivity contribution in [3.8, 4) is 0 Å². The van der Waals surface area contributed by atoms with Crippen molar-refractivity contribution < 1.29 is 9.53 Å². The number of carbonyl (C=O) groups excluding carboxylic acids is 1. The summed E-state index contributed by atoms with van der Waals surface area (Å²) in [6.07, 6.45) is 10.2. The van der Waals surface area contributed by atoms with Gasteiger partial charge in [0.15, 0.2) is 0 Å². The number of fused-ring (bicyclic) bond motifs is 1. The fourth-order valence-corrected chi connectivity index (χ4v) is 3.46. The number of esters is 1. The first-order chi connectivity index (χ1) is 8.22. The van der Waals surface area contributed by atoms with Gasteiger partial charge in [0.2, 0.25) is 0 Å².